The van der Waals surface area contributed by atoms with Gasteiger partial charge in [-0.05, 0) is 42.0 Å². The van der Waals surface area contributed by atoms with E-state index in [9.17, 15) is 13.2 Å². The lowest BCUT2D eigenvalue weighted by Crippen LogP contribution is -2.26. The number of hydrogen-bond acceptors (Lipinski definition) is 5. The van der Waals surface area contributed by atoms with E-state index in [2.05, 4.69) is 4.18 Å². The van der Waals surface area contributed by atoms with Crippen LogP contribution in [0.4, 0.5) is 0 Å². The van der Waals surface area contributed by atoms with E-state index in [0.717, 1.165) is 5.56 Å². The van der Waals surface area contributed by atoms with Gasteiger partial charge in [0.2, 0.25) is 0 Å². The molecule has 0 bridgehead atoms. The molecule has 0 heterocycles. The topological polar surface area (TPSA) is 113 Å². The van der Waals surface area contributed by atoms with Gasteiger partial charge in [0.1, 0.15) is 5.75 Å². The van der Waals surface area contributed by atoms with Crippen LogP contribution in [0.1, 0.15) is 21.5 Å². The molecule has 24 heavy (non-hydrogen) atoms. The molecule has 1 amide bonds. The van der Waals surface area contributed by atoms with Gasteiger partial charge in [0.25, 0.3) is 5.91 Å². The second-order valence-electron chi connectivity index (χ2n) is 5.07. The number of benzene rings is 2. The summed E-state index contributed by atoms with van der Waals surface area (Å²) >= 11 is 0. The summed E-state index contributed by atoms with van der Waals surface area (Å²) in [5, 5.41) is 13.6. The lowest BCUT2D eigenvalue weighted by molar-refractivity contribution is 0.0785. The van der Waals surface area contributed by atoms with Crippen molar-refractivity contribution in [3.8, 4) is 11.8 Å². The van der Waals surface area contributed by atoms with Crippen LogP contribution in [-0.2, 0) is 16.8 Å². The van der Waals surface area contributed by atoms with Gasteiger partial charge in [-0.2, -0.15) is 18.8 Å². The van der Waals surface area contributed by atoms with Gasteiger partial charge in [-0.1, -0.05) is 12.1 Å². The summed E-state index contributed by atoms with van der Waals surface area (Å²) in [5.74, 6) is -0.0910. The van der Waals surface area contributed by atoms with Crippen molar-refractivity contribution in [3.05, 3.63) is 65.2 Å². The minimum absolute atomic E-state index is 0.0994. The number of hydrogen-bond donors (Lipinski definition) is 1. The van der Waals surface area contributed by atoms with Gasteiger partial charge in [0.15, 0.2) is 0 Å². The van der Waals surface area contributed by atoms with Crippen LogP contribution in [0.25, 0.3) is 0 Å². The van der Waals surface area contributed by atoms with Crippen LogP contribution in [0.15, 0.2) is 48.5 Å². The van der Waals surface area contributed by atoms with Gasteiger partial charge in [0.05, 0.1) is 11.6 Å². The van der Waals surface area contributed by atoms with Gasteiger partial charge < -0.3 is 9.08 Å². The molecule has 0 atom stereocenters. The van der Waals surface area contributed by atoms with Crippen LogP contribution in [-0.4, -0.2) is 26.3 Å². The maximum absolute atomic E-state index is 12.3. The first-order valence-electron chi connectivity index (χ1n) is 6.85. The summed E-state index contributed by atoms with van der Waals surface area (Å²) in [6.07, 6.45) is 0. The molecule has 0 aliphatic rings. The quantitative estimate of drug-likeness (QED) is 0.880. The van der Waals surface area contributed by atoms with Crippen molar-refractivity contribution < 1.29 is 17.4 Å². The third-order valence-electron chi connectivity index (χ3n) is 3.16. The lowest BCUT2D eigenvalue weighted by atomic mass is 10.1. The Labute approximate surface area is 140 Å². The molecule has 2 aromatic rings. The van der Waals surface area contributed by atoms with E-state index in [1.807, 2.05) is 6.07 Å². The summed E-state index contributed by atoms with van der Waals surface area (Å²) in [6, 6.07) is 14.6. The second kappa shape index (κ2) is 7.12. The largest absolute Gasteiger partial charge is 0.380 e. The lowest BCUT2D eigenvalue weighted by Gasteiger charge is -2.17. The highest BCUT2D eigenvalue weighted by Gasteiger charge is 2.12. The molecule has 0 aliphatic heterocycles. The van der Waals surface area contributed by atoms with E-state index in [1.54, 1.807) is 43.4 Å². The summed E-state index contributed by atoms with van der Waals surface area (Å²) < 4.78 is 26.2. The molecule has 2 aromatic carbocycles. The summed E-state index contributed by atoms with van der Waals surface area (Å²) in [5.41, 5.74) is 1.76. The van der Waals surface area contributed by atoms with Crippen molar-refractivity contribution in [3.63, 3.8) is 0 Å². The van der Waals surface area contributed by atoms with E-state index in [-0.39, 0.29) is 11.7 Å². The summed E-state index contributed by atoms with van der Waals surface area (Å²) in [4.78, 5) is 13.8. The Hall–Kier alpha value is -2.89. The van der Waals surface area contributed by atoms with Gasteiger partial charge in [0, 0.05) is 19.2 Å². The molecular weight excluding hydrogens is 330 g/mol. The van der Waals surface area contributed by atoms with E-state index in [0.29, 0.717) is 17.7 Å². The van der Waals surface area contributed by atoms with Gasteiger partial charge in [-0.3, -0.25) is 4.79 Å². The Bertz CT molecular complexity index is 869. The fraction of sp³-hybridized carbons (Fsp3) is 0.125. The van der Waals surface area contributed by atoms with Crippen LogP contribution in [0, 0.1) is 11.3 Å². The minimum atomic E-state index is -4.06. The van der Waals surface area contributed by atoms with Gasteiger partial charge >= 0.3 is 10.3 Å². The zero-order chi connectivity index (χ0) is 17.7. The van der Waals surface area contributed by atoms with Gasteiger partial charge in [-0.25, -0.2) is 0 Å². The van der Waals surface area contributed by atoms with Crippen molar-refractivity contribution in [2.45, 2.75) is 6.54 Å². The highest BCUT2D eigenvalue weighted by atomic mass is 32.2. The fourth-order valence-electron chi connectivity index (χ4n) is 2.04. The third-order valence-corrected chi connectivity index (χ3v) is 3.59. The van der Waals surface area contributed by atoms with Crippen LogP contribution < -0.4 is 9.32 Å². The SMILES string of the molecule is CN(Cc1ccc(OS(N)(=O)=O)cc1)C(=O)c1ccc(C#N)cc1. The molecule has 0 unspecified atom stereocenters. The third kappa shape index (κ3) is 4.81. The maximum Gasteiger partial charge on any atom is 0.380 e. The molecule has 7 nitrogen and oxygen atoms in total. The average molecular weight is 345 g/mol. The summed E-state index contributed by atoms with van der Waals surface area (Å²) in [6.45, 7) is 0.328. The number of amides is 1. The maximum atomic E-state index is 12.3. The standard InChI is InChI=1S/C16H15N3O4S/c1-19(16(20)14-6-2-12(10-17)3-7-14)11-13-4-8-15(9-5-13)23-24(18,21)22/h2-9H,11H2,1H3,(H2,18,21,22). The van der Waals surface area contributed by atoms with E-state index in [4.69, 9.17) is 10.4 Å². The van der Waals surface area contributed by atoms with Crippen LogP contribution in [0.2, 0.25) is 0 Å². The Morgan fingerprint density at radius 1 is 1.17 bits per heavy atom. The van der Waals surface area contributed by atoms with E-state index < -0.39 is 10.3 Å². The van der Waals surface area contributed by atoms with Crippen LogP contribution in [0.5, 0.6) is 5.75 Å². The van der Waals surface area contributed by atoms with Gasteiger partial charge in [-0.15, -0.1) is 0 Å². The molecule has 2 rings (SSSR count). The highest BCUT2D eigenvalue weighted by Crippen LogP contribution is 2.15. The second-order valence-corrected chi connectivity index (χ2v) is 6.22. The highest BCUT2D eigenvalue weighted by molar-refractivity contribution is 7.84. The van der Waals surface area contributed by atoms with E-state index in [1.165, 1.54) is 17.0 Å². The molecule has 0 radical (unpaired) electrons. The minimum Gasteiger partial charge on any atom is -0.371 e. The first kappa shape index (κ1) is 17.5. The molecule has 0 saturated heterocycles. The first-order valence-corrected chi connectivity index (χ1v) is 8.32. The van der Waals surface area contributed by atoms with E-state index >= 15 is 0 Å². The predicted molar refractivity (Wildman–Crippen MR) is 87.1 cm³/mol. The Morgan fingerprint density at radius 3 is 2.25 bits per heavy atom. The molecule has 124 valence electrons. The smallest absolute Gasteiger partial charge is 0.371 e. The zero-order valence-corrected chi connectivity index (χ0v) is 13.7. The van der Waals surface area contributed by atoms with Crippen molar-refractivity contribution >= 4 is 16.2 Å². The number of nitrogens with zero attached hydrogens (tertiary/aromatic N) is 2. The molecule has 2 N–H and O–H groups in total. The average Bonchev–Trinajstić information content (AvgIpc) is 2.54. The van der Waals surface area contributed by atoms with Crippen molar-refractivity contribution in [1.29, 1.82) is 5.26 Å². The number of carbonyl (C=O) groups excluding carboxylic acids is 1. The molecule has 8 heteroatoms. The molecule has 0 spiro atoms. The Balaban J connectivity index is 2.04. The Kier molecular flexibility index (Phi) is 5.18. The molecule has 0 aliphatic carbocycles. The molecule has 0 fully saturated rings. The van der Waals surface area contributed by atoms with Crippen LogP contribution >= 0.6 is 0 Å². The normalized spacial score (nSPS) is 10.7. The van der Waals surface area contributed by atoms with Crippen molar-refractivity contribution in [2.24, 2.45) is 5.14 Å². The Morgan fingerprint density at radius 2 is 1.75 bits per heavy atom. The van der Waals surface area contributed by atoms with Crippen LogP contribution in [0.3, 0.4) is 0 Å². The van der Waals surface area contributed by atoms with Crippen molar-refractivity contribution in [1.82, 2.24) is 4.90 Å². The first-order chi connectivity index (χ1) is 11.3. The zero-order valence-electron chi connectivity index (χ0n) is 12.8. The number of nitrogens with two attached hydrogens (primary N) is 1. The fourth-order valence-corrected chi connectivity index (χ4v) is 2.42. The monoisotopic (exact) mass is 345 g/mol. The van der Waals surface area contributed by atoms with Crippen molar-refractivity contribution in [2.75, 3.05) is 7.05 Å². The molecule has 0 saturated carbocycles. The predicted octanol–water partition coefficient (Wildman–Crippen LogP) is 1.41. The molecule has 0 aromatic heterocycles. The number of carbonyl (C=O) groups is 1. The number of nitriles is 1. The molecular formula is C16H15N3O4S. The number of rotatable bonds is 5. The summed E-state index contributed by atoms with van der Waals surface area (Å²) in [7, 11) is -2.41.